The van der Waals surface area contributed by atoms with Gasteiger partial charge in [0.15, 0.2) is 6.10 Å². The summed E-state index contributed by atoms with van der Waals surface area (Å²) < 4.78 is 16.8. The molecule has 340 valence electrons. The molecule has 0 saturated heterocycles. The van der Waals surface area contributed by atoms with Crippen LogP contribution in [0.2, 0.25) is 0 Å². The summed E-state index contributed by atoms with van der Waals surface area (Å²) in [6.45, 7) is 6.60. The van der Waals surface area contributed by atoms with Gasteiger partial charge in [-0.1, -0.05) is 231 Å². The largest absolute Gasteiger partial charge is 0.462 e. The number of esters is 3. The zero-order valence-electron chi connectivity index (χ0n) is 38.8. The third-order valence-electron chi connectivity index (χ3n) is 11.2. The van der Waals surface area contributed by atoms with Gasteiger partial charge in [-0.05, 0) is 44.9 Å². The van der Waals surface area contributed by atoms with Gasteiger partial charge in [0, 0.05) is 19.3 Å². The number of hydrogen-bond donors (Lipinski definition) is 0. The number of carbonyl (C=O) groups excluding carboxylic acids is 3. The molecule has 0 saturated carbocycles. The molecule has 0 aromatic heterocycles. The monoisotopic (exact) mass is 817 g/mol. The van der Waals surface area contributed by atoms with Crippen molar-refractivity contribution in [2.45, 2.75) is 277 Å². The predicted octanol–water partition coefficient (Wildman–Crippen LogP) is 16.4. The molecule has 0 amide bonds. The van der Waals surface area contributed by atoms with Crippen LogP contribution in [0, 0.1) is 0 Å². The van der Waals surface area contributed by atoms with Gasteiger partial charge in [-0.25, -0.2) is 0 Å². The van der Waals surface area contributed by atoms with E-state index in [1.54, 1.807) is 0 Å². The lowest BCUT2D eigenvalue weighted by molar-refractivity contribution is -0.167. The van der Waals surface area contributed by atoms with Crippen molar-refractivity contribution in [3.8, 4) is 0 Å². The fourth-order valence-corrected chi connectivity index (χ4v) is 7.34. The van der Waals surface area contributed by atoms with E-state index in [4.69, 9.17) is 14.2 Å². The van der Waals surface area contributed by atoms with Crippen LogP contribution in [-0.2, 0) is 28.6 Å². The Morgan fingerprint density at radius 1 is 0.345 bits per heavy atom. The Balaban J connectivity index is 4.32. The Morgan fingerprint density at radius 2 is 0.638 bits per heavy atom. The van der Waals surface area contributed by atoms with E-state index in [-0.39, 0.29) is 31.1 Å². The molecular weight excluding hydrogens is 721 g/mol. The highest BCUT2D eigenvalue weighted by atomic mass is 16.6. The molecule has 0 heterocycles. The Bertz CT molecular complexity index is 942. The Kier molecular flexibility index (Phi) is 45.8. The van der Waals surface area contributed by atoms with Crippen LogP contribution in [0.25, 0.3) is 0 Å². The molecule has 0 aliphatic carbocycles. The zero-order chi connectivity index (χ0) is 42.3. The summed E-state index contributed by atoms with van der Waals surface area (Å²) in [7, 11) is 0. The molecule has 1 atom stereocenters. The lowest BCUT2D eigenvalue weighted by atomic mass is 10.0. The highest BCUT2D eigenvalue weighted by Crippen LogP contribution is 2.16. The van der Waals surface area contributed by atoms with Gasteiger partial charge in [0.25, 0.3) is 0 Å². The summed E-state index contributed by atoms with van der Waals surface area (Å²) in [5.74, 6) is -0.876. The van der Waals surface area contributed by atoms with E-state index in [0.29, 0.717) is 19.3 Å². The molecule has 0 radical (unpaired) electrons. The number of unbranched alkanes of at least 4 members (excludes halogenated alkanes) is 31. The minimum absolute atomic E-state index is 0.0724. The van der Waals surface area contributed by atoms with Gasteiger partial charge in [-0.3, -0.25) is 14.4 Å². The molecule has 58 heavy (non-hydrogen) atoms. The second-order valence-corrected chi connectivity index (χ2v) is 17.1. The molecular formula is C52H96O6. The van der Waals surface area contributed by atoms with Gasteiger partial charge < -0.3 is 14.2 Å². The number of allylic oxidation sites excluding steroid dienone is 4. The second-order valence-electron chi connectivity index (χ2n) is 17.1. The maximum Gasteiger partial charge on any atom is 0.306 e. The summed E-state index contributed by atoms with van der Waals surface area (Å²) in [5.41, 5.74) is 0. The minimum Gasteiger partial charge on any atom is -0.462 e. The fraction of sp³-hybridized carbons (Fsp3) is 0.865. The number of ether oxygens (including phenoxy) is 3. The standard InChI is InChI=1S/C52H96O6/c1-4-7-10-13-16-19-22-24-26-27-29-30-33-36-39-42-45-51(54)57-48-49(47-56-50(53)44-41-38-35-32-21-18-15-12-9-6-3)58-52(55)46-43-40-37-34-31-28-25-23-20-17-14-11-8-5-2/h14,17,23,25,49H,4-13,15-16,18-22,24,26-48H2,1-3H3/b17-14-,25-23-/t49-/m1/s1. The Morgan fingerprint density at radius 3 is 1.00 bits per heavy atom. The molecule has 0 aliphatic rings. The van der Waals surface area contributed by atoms with Crippen LogP contribution in [0.15, 0.2) is 24.3 Å². The first-order valence-electron chi connectivity index (χ1n) is 25.3. The third-order valence-corrected chi connectivity index (χ3v) is 11.2. The van der Waals surface area contributed by atoms with Gasteiger partial charge in [0.05, 0.1) is 0 Å². The number of rotatable bonds is 46. The molecule has 0 aliphatic heterocycles. The molecule has 0 N–H and O–H groups in total. The SMILES string of the molecule is CCCC/C=C\C/C=C\CCCCCCCC(=O)O[C@H](COC(=O)CCCCCCCCCCCC)COC(=O)CCCCCCCCCCCCCCCCCC. The number of carbonyl (C=O) groups is 3. The second kappa shape index (κ2) is 47.6. The molecule has 6 nitrogen and oxygen atoms in total. The van der Waals surface area contributed by atoms with Crippen LogP contribution >= 0.6 is 0 Å². The van der Waals surface area contributed by atoms with Crippen LogP contribution in [0.5, 0.6) is 0 Å². The summed E-state index contributed by atoms with van der Waals surface area (Å²) in [6.07, 6.45) is 53.0. The van der Waals surface area contributed by atoms with Gasteiger partial charge in [0.2, 0.25) is 0 Å². The van der Waals surface area contributed by atoms with Crippen molar-refractivity contribution >= 4 is 17.9 Å². The van der Waals surface area contributed by atoms with Crippen molar-refractivity contribution in [3.05, 3.63) is 24.3 Å². The van der Waals surface area contributed by atoms with Gasteiger partial charge in [0.1, 0.15) is 13.2 Å². The molecule has 0 aromatic rings. The molecule has 0 unspecified atom stereocenters. The van der Waals surface area contributed by atoms with Crippen molar-refractivity contribution in [3.63, 3.8) is 0 Å². The topological polar surface area (TPSA) is 78.9 Å². The molecule has 0 bridgehead atoms. The molecule has 0 fully saturated rings. The van der Waals surface area contributed by atoms with E-state index in [2.05, 4.69) is 45.1 Å². The lowest BCUT2D eigenvalue weighted by Gasteiger charge is -2.18. The average molecular weight is 817 g/mol. The maximum atomic E-state index is 12.8. The average Bonchev–Trinajstić information content (AvgIpc) is 3.22. The zero-order valence-corrected chi connectivity index (χ0v) is 38.8. The first-order valence-corrected chi connectivity index (χ1v) is 25.3. The van der Waals surface area contributed by atoms with E-state index in [0.717, 1.165) is 83.5 Å². The Hall–Kier alpha value is -2.11. The summed E-state index contributed by atoms with van der Waals surface area (Å²) in [4.78, 5) is 37.9. The first kappa shape index (κ1) is 55.9. The predicted molar refractivity (Wildman–Crippen MR) is 247 cm³/mol. The van der Waals surface area contributed by atoms with Gasteiger partial charge in [-0.2, -0.15) is 0 Å². The quantitative estimate of drug-likeness (QED) is 0.0263. The molecule has 0 rings (SSSR count). The van der Waals surface area contributed by atoms with Crippen molar-refractivity contribution in [2.75, 3.05) is 13.2 Å². The summed E-state index contributed by atoms with van der Waals surface area (Å²) >= 11 is 0. The maximum absolute atomic E-state index is 12.8. The highest BCUT2D eigenvalue weighted by Gasteiger charge is 2.19. The van der Waals surface area contributed by atoms with Crippen LogP contribution < -0.4 is 0 Å². The molecule has 0 spiro atoms. The fourth-order valence-electron chi connectivity index (χ4n) is 7.34. The third kappa shape index (κ3) is 45.0. The van der Waals surface area contributed by atoms with E-state index in [9.17, 15) is 14.4 Å². The van der Waals surface area contributed by atoms with E-state index < -0.39 is 6.10 Å². The van der Waals surface area contributed by atoms with Crippen LogP contribution in [-0.4, -0.2) is 37.2 Å². The van der Waals surface area contributed by atoms with Crippen molar-refractivity contribution in [1.29, 1.82) is 0 Å². The molecule has 0 aromatic carbocycles. The van der Waals surface area contributed by atoms with Gasteiger partial charge in [-0.15, -0.1) is 0 Å². The van der Waals surface area contributed by atoms with E-state index in [1.165, 1.54) is 148 Å². The van der Waals surface area contributed by atoms with E-state index in [1.807, 2.05) is 0 Å². The lowest BCUT2D eigenvalue weighted by Crippen LogP contribution is -2.30. The highest BCUT2D eigenvalue weighted by molar-refractivity contribution is 5.71. The molecule has 6 heteroatoms. The Labute approximate surface area is 360 Å². The van der Waals surface area contributed by atoms with Crippen LogP contribution in [0.4, 0.5) is 0 Å². The van der Waals surface area contributed by atoms with Crippen molar-refractivity contribution < 1.29 is 28.6 Å². The summed E-state index contributed by atoms with van der Waals surface area (Å²) in [5, 5.41) is 0. The summed E-state index contributed by atoms with van der Waals surface area (Å²) in [6, 6.07) is 0. The first-order chi connectivity index (χ1) is 28.5. The van der Waals surface area contributed by atoms with Crippen molar-refractivity contribution in [1.82, 2.24) is 0 Å². The van der Waals surface area contributed by atoms with Gasteiger partial charge >= 0.3 is 17.9 Å². The number of hydrogen-bond acceptors (Lipinski definition) is 6. The van der Waals surface area contributed by atoms with Crippen LogP contribution in [0.1, 0.15) is 271 Å². The van der Waals surface area contributed by atoms with E-state index >= 15 is 0 Å². The smallest absolute Gasteiger partial charge is 0.306 e. The normalized spacial score (nSPS) is 12.1. The van der Waals surface area contributed by atoms with Crippen LogP contribution in [0.3, 0.4) is 0 Å². The van der Waals surface area contributed by atoms with Crippen molar-refractivity contribution in [2.24, 2.45) is 0 Å². The minimum atomic E-state index is -0.771.